The number of anilines is 2. The van der Waals surface area contributed by atoms with E-state index in [2.05, 4.69) is 58.7 Å². The van der Waals surface area contributed by atoms with Crippen molar-refractivity contribution in [3.63, 3.8) is 0 Å². The van der Waals surface area contributed by atoms with Gasteiger partial charge in [-0.15, -0.1) is 0 Å². The largest absolute Gasteiger partial charge is 0.500 e. The van der Waals surface area contributed by atoms with Crippen LogP contribution in [0.15, 0.2) is 133 Å². The Bertz CT molecular complexity index is 1290. The smallest absolute Gasteiger partial charge is 0.257 e. The average molecular weight is 461 g/mol. The second-order valence-electron chi connectivity index (χ2n) is 8.55. The van der Waals surface area contributed by atoms with Crippen LogP contribution in [0.25, 0.3) is 0 Å². The Morgan fingerprint density at radius 2 is 1.26 bits per heavy atom. The third-order valence-electron chi connectivity index (χ3n) is 6.44. The van der Waals surface area contributed by atoms with Crippen molar-refractivity contribution in [3.05, 3.63) is 144 Å². The van der Waals surface area contributed by atoms with Crippen molar-refractivity contribution in [1.29, 1.82) is 0 Å². The summed E-state index contributed by atoms with van der Waals surface area (Å²) in [6.45, 7) is 0. The zero-order valence-corrected chi connectivity index (χ0v) is 19.7. The maximum Gasteiger partial charge on any atom is 0.257 e. The fourth-order valence-electron chi connectivity index (χ4n) is 4.86. The molecule has 1 N–H and O–H groups in total. The van der Waals surface area contributed by atoms with Crippen molar-refractivity contribution in [2.45, 2.75) is 18.5 Å². The highest BCUT2D eigenvalue weighted by Gasteiger charge is 2.41. The molecule has 1 heterocycles. The van der Waals surface area contributed by atoms with Crippen LogP contribution in [0.3, 0.4) is 0 Å². The van der Waals surface area contributed by atoms with Crippen LogP contribution in [0, 0.1) is 0 Å². The minimum absolute atomic E-state index is 0.00738. The summed E-state index contributed by atoms with van der Waals surface area (Å²) in [5.74, 6) is 0.544. The van der Waals surface area contributed by atoms with Crippen molar-refractivity contribution in [1.82, 2.24) is 0 Å². The van der Waals surface area contributed by atoms with E-state index < -0.39 is 0 Å². The van der Waals surface area contributed by atoms with Gasteiger partial charge in [0.25, 0.3) is 5.91 Å². The molecule has 1 unspecified atom stereocenters. The molecule has 0 saturated carbocycles. The van der Waals surface area contributed by atoms with Crippen molar-refractivity contribution >= 4 is 17.3 Å². The number of carbonyl (C=O) groups is 1. The number of amides is 1. The maximum atomic E-state index is 13.9. The first-order valence-corrected chi connectivity index (χ1v) is 11.8. The summed E-state index contributed by atoms with van der Waals surface area (Å²) in [4.78, 5) is 16.2. The SMILES string of the molecule is COC1=C(C(=O)Nc2ccccc2)C(c2ccccc2)N(c2ccccc2)[C@@H](c2ccccc2)C1. The van der Waals surface area contributed by atoms with Crippen LogP contribution < -0.4 is 10.2 Å². The van der Waals surface area contributed by atoms with E-state index in [1.165, 1.54) is 5.56 Å². The number of methoxy groups -OCH3 is 1. The summed E-state index contributed by atoms with van der Waals surface area (Å²) in [6, 6.07) is 40.2. The molecule has 1 aliphatic rings. The van der Waals surface area contributed by atoms with Gasteiger partial charge in [0.1, 0.15) is 5.76 Å². The summed E-state index contributed by atoms with van der Waals surface area (Å²) < 4.78 is 5.94. The molecule has 4 heteroatoms. The summed E-state index contributed by atoms with van der Waals surface area (Å²) >= 11 is 0. The predicted molar refractivity (Wildman–Crippen MR) is 141 cm³/mol. The Balaban J connectivity index is 1.70. The lowest BCUT2D eigenvalue weighted by molar-refractivity contribution is -0.113. The van der Waals surface area contributed by atoms with Gasteiger partial charge in [-0.3, -0.25) is 4.79 Å². The Morgan fingerprint density at radius 1 is 0.743 bits per heavy atom. The zero-order valence-electron chi connectivity index (χ0n) is 19.7. The number of para-hydroxylation sites is 2. The zero-order chi connectivity index (χ0) is 24.0. The number of carbonyl (C=O) groups excluding carboxylic acids is 1. The first-order valence-electron chi connectivity index (χ1n) is 11.8. The molecule has 0 bridgehead atoms. The van der Waals surface area contributed by atoms with E-state index >= 15 is 0 Å². The van der Waals surface area contributed by atoms with Gasteiger partial charge in [0.15, 0.2) is 0 Å². The quantitative estimate of drug-likeness (QED) is 0.340. The van der Waals surface area contributed by atoms with Crippen molar-refractivity contribution in [3.8, 4) is 0 Å². The van der Waals surface area contributed by atoms with Gasteiger partial charge in [-0.1, -0.05) is 97.1 Å². The lowest BCUT2D eigenvalue weighted by Crippen LogP contribution is -2.41. The summed E-state index contributed by atoms with van der Waals surface area (Å²) in [5.41, 5.74) is 4.64. The highest BCUT2D eigenvalue weighted by Crippen LogP contribution is 2.47. The molecule has 5 rings (SSSR count). The molecule has 0 spiro atoms. The molecular formula is C31H28N2O2. The second kappa shape index (κ2) is 10.3. The number of rotatable bonds is 6. The summed E-state index contributed by atoms with van der Waals surface area (Å²) in [7, 11) is 1.66. The van der Waals surface area contributed by atoms with Gasteiger partial charge in [-0.2, -0.15) is 0 Å². The first kappa shape index (κ1) is 22.5. The van der Waals surface area contributed by atoms with Gasteiger partial charge in [-0.05, 0) is 35.4 Å². The molecule has 4 nitrogen and oxygen atoms in total. The highest BCUT2D eigenvalue weighted by atomic mass is 16.5. The van der Waals surface area contributed by atoms with Gasteiger partial charge in [0.05, 0.1) is 24.8 Å². The lowest BCUT2D eigenvalue weighted by atomic mass is 9.84. The molecule has 0 radical (unpaired) electrons. The molecule has 0 fully saturated rings. The Hall–Kier alpha value is -4.31. The van der Waals surface area contributed by atoms with Crippen molar-refractivity contribution in [2.75, 3.05) is 17.3 Å². The fourth-order valence-corrected chi connectivity index (χ4v) is 4.86. The van der Waals surface area contributed by atoms with Gasteiger partial charge >= 0.3 is 0 Å². The first-order chi connectivity index (χ1) is 17.3. The number of ether oxygens (including phenoxy) is 1. The molecular weight excluding hydrogens is 432 g/mol. The van der Waals surface area contributed by atoms with E-state index in [1.54, 1.807) is 7.11 Å². The standard InChI is InChI=1S/C31H28N2O2/c1-35-28-22-27(23-14-6-2-7-15-23)33(26-20-12-5-13-21-26)30(24-16-8-3-9-17-24)29(28)31(34)32-25-18-10-4-11-19-25/h2-21,27,30H,22H2,1H3,(H,32,34)/t27-,30?/m1/s1. The molecule has 4 aromatic carbocycles. The lowest BCUT2D eigenvalue weighted by Gasteiger charge is -2.45. The van der Waals surface area contributed by atoms with Crippen LogP contribution in [0.5, 0.6) is 0 Å². The average Bonchev–Trinajstić information content (AvgIpc) is 2.93. The van der Waals surface area contributed by atoms with Gasteiger partial charge in [0.2, 0.25) is 0 Å². The minimum atomic E-state index is -0.337. The van der Waals surface area contributed by atoms with Crippen LogP contribution in [0.4, 0.5) is 11.4 Å². The highest BCUT2D eigenvalue weighted by molar-refractivity contribution is 6.06. The fraction of sp³-hybridized carbons (Fsp3) is 0.129. The number of nitrogens with one attached hydrogen (secondary N) is 1. The minimum Gasteiger partial charge on any atom is -0.500 e. The van der Waals surface area contributed by atoms with Gasteiger partial charge < -0.3 is 15.0 Å². The van der Waals surface area contributed by atoms with Gasteiger partial charge in [-0.25, -0.2) is 0 Å². The topological polar surface area (TPSA) is 41.6 Å². The van der Waals surface area contributed by atoms with Crippen LogP contribution in [0.2, 0.25) is 0 Å². The Kier molecular flexibility index (Phi) is 6.62. The summed E-state index contributed by atoms with van der Waals surface area (Å²) in [6.07, 6.45) is 0.580. The molecule has 4 aromatic rings. The number of hydrogen-bond donors (Lipinski definition) is 1. The monoisotopic (exact) mass is 460 g/mol. The van der Waals surface area contributed by atoms with Crippen LogP contribution in [-0.2, 0) is 9.53 Å². The van der Waals surface area contributed by atoms with Crippen molar-refractivity contribution < 1.29 is 9.53 Å². The summed E-state index contributed by atoms with van der Waals surface area (Å²) in [5, 5.41) is 3.10. The van der Waals surface area contributed by atoms with E-state index in [0.29, 0.717) is 17.8 Å². The molecule has 1 amide bonds. The molecule has 2 atom stereocenters. The van der Waals surface area contributed by atoms with E-state index in [9.17, 15) is 4.79 Å². The number of benzene rings is 4. The van der Waals surface area contributed by atoms with Crippen LogP contribution in [-0.4, -0.2) is 13.0 Å². The van der Waals surface area contributed by atoms with Crippen LogP contribution in [0.1, 0.15) is 29.6 Å². The van der Waals surface area contributed by atoms with E-state index in [1.807, 2.05) is 72.8 Å². The van der Waals surface area contributed by atoms with E-state index in [-0.39, 0.29) is 18.0 Å². The molecule has 1 aliphatic heterocycles. The van der Waals surface area contributed by atoms with E-state index in [4.69, 9.17) is 4.74 Å². The third kappa shape index (κ3) is 4.69. The normalized spacial score (nSPS) is 17.7. The maximum absolute atomic E-state index is 13.9. The molecule has 0 aliphatic carbocycles. The Labute approximate surface area is 206 Å². The molecule has 0 aromatic heterocycles. The number of hydrogen-bond acceptors (Lipinski definition) is 3. The van der Waals surface area contributed by atoms with E-state index in [0.717, 1.165) is 16.9 Å². The molecule has 35 heavy (non-hydrogen) atoms. The third-order valence-corrected chi connectivity index (χ3v) is 6.44. The Morgan fingerprint density at radius 3 is 1.83 bits per heavy atom. The predicted octanol–water partition coefficient (Wildman–Crippen LogP) is 6.92. The second-order valence-corrected chi connectivity index (χ2v) is 8.55. The number of nitrogens with zero attached hydrogens (tertiary/aromatic N) is 1. The van der Waals surface area contributed by atoms with Crippen LogP contribution >= 0.6 is 0 Å². The molecule has 174 valence electrons. The molecule has 0 saturated heterocycles. The van der Waals surface area contributed by atoms with Gasteiger partial charge in [0, 0.05) is 17.8 Å². The van der Waals surface area contributed by atoms with Crippen molar-refractivity contribution in [2.24, 2.45) is 0 Å².